The van der Waals surface area contributed by atoms with Gasteiger partial charge in [0.1, 0.15) is 17.5 Å². The molecule has 4 amide bonds. The highest BCUT2D eigenvalue weighted by Crippen LogP contribution is 2.26. The van der Waals surface area contributed by atoms with Gasteiger partial charge in [-0.25, -0.2) is 9.80 Å². The highest BCUT2D eigenvalue weighted by Gasteiger charge is 2.31. The van der Waals surface area contributed by atoms with Gasteiger partial charge in [-0.3, -0.25) is 24.6 Å². The van der Waals surface area contributed by atoms with Crippen molar-refractivity contribution in [2.45, 2.75) is 39.7 Å². The number of rotatable bonds is 11. The first kappa shape index (κ1) is 29.2. The van der Waals surface area contributed by atoms with E-state index in [2.05, 4.69) is 21.0 Å². The van der Waals surface area contributed by atoms with Crippen molar-refractivity contribution in [2.75, 3.05) is 26.8 Å². The van der Waals surface area contributed by atoms with Gasteiger partial charge < -0.3 is 25.1 Å². The van der Waals surface area contributed by atoms with Gasteiger partial charge in [0, 0.05) is 29.6 Å². The van der Waals surface area contributed by atoms with E-state index in [9.17, 15) is 24.0 Å². The average molecular weight is 542 g/mol. The van der Waals surface area contributed by atoms with Crippen molar-refractivity contribution in [3.63, 3.8) is 0 Å². The number of methoxy groups -OCH3 is 1. The Labute approximate surface area is 226 Å². The Morgan fingerprint density at radius 1 is 1.21 bits per heavy atom. The highest BCUT2D eigenvalue weighted by molar-refractivity contribution is 6.02. The van der Waals surface area contributed by atoms with Crippen LogP contribution in [0.4, 0.5) is 0 Å². The Morgan fingerprint density at radius 3 is 2.62 bits per heavy atom. The fourth-order valence-corrected chi connectivity index (χ4v) is 4.23. The number of fused-ring (bicyclic) bond motifs is 1. The Hall–Kier alpha value is -4.35. The predicted octanol–water partition coefficient (Wildman–Crippen LogP) is 1.44. The fourth-order valence-electron chi connectivity index (χ4n) is 4.23. The molecule has 2 aromatic rings. The molecule has 1 aromatic carbocycles. The standard InChI is InChI=1S/C27H35N5O7/c1-5-39-24(34)10-9-23(33)32(15-17-11-12-28-25(17)35)31-27(37)20(13-16(2)3)30-26(36)21-14-18-19(29-21)7-6-8-22(18)38-4/h6-10,14,16-17,20,29H,5,11-13,15H2,1-4H3,(H,28,35)(H,30,36)(H,31,37)/b10-9+/t17-,20-/m0/s1. The lowest BCUT2D eigenvalue weighted by molar-refractivity contribution is -0.141. The quantitative estimate of drug-likeness (QED) is 0.190. The molecule has 39 heavy (non-hydrogen) atoms. The molecular weight excluding hydrogens is 506 g/mol. The number of aromatic nitrogens is 1. The molecule has 12 heteroatoms. The number of carbonyl (C=O) groups is 5. The lowest BCUT2D eigenvalue weighted by Gasteiger charge is -2.27. The van der Waals surface area contributed by atoms with E-state index >= 15 is 0 Å². The average Bonchev–Trinajstić information content (AvgIpc) is 3.52. The van der Waals surface area contributed by atoms with Crippen molar-refractivity contribution in [3.05, 3.63) is 42.1 Å². The number of aromatic amines is 1. The van der Waals surface area contributed by atoms with Crippen LogP contribution in [0.3, 0.4) is 0 Å². The van der Waals surface area contributed by atoms with E-state index in [0.717, 1.165) is 22.5 Å². The first-order valence-electron chi connectivity index (χ1n) is 12.8. The zero-order valence-corrected chi connectivity index (χ0v) is 22.5. The summed E-state index contributed by atoms with van der Waals surface area (Å²) in [4.78, 5) is 66.3. The van der Waals surface area contributed by atoms with Crippen molar-refractivity contribution in [3.8, 4) is 5.75 Å². The van der Waals surface area contributed by atoms with Crippen molar-refractivity contribution >= 4 is 40.5 Å². The Kier molecular flexibility index (Phi) is 10.1. The normalized spacial score (nSPS) is 15.7. The molecule has 0 aliphatic carbocycles. The molecule has 0 spiro atoms. The van der Waals surface area contributed by atoms with Crippen LogP contribution in [0, 0.1) is 11.8 Å². The van der Waals surface area contributed by atoms with Crippen LogP contribution in [0.1, 0.15) is 44.1 Å². The minimum atomic E-state index is -0.993. The monoisotopic (exact) mass is 541 g/mol. The molecular formula is C27H35N5O7. The summed E-state index contributed by atoms with van der Waals surface area (Å²) in [6.45, 7) is 5.92. The third-order valence-electron chi connectivity index (χ3n) is 6.14. The number of esters is 1. The van der Waals surface area contributed by atoms with Crippen LogP contribution in [0.5, 0.6) is 5.75 Å². The van der Waals surface area contributed by atoms with E-state index in [4.69, 9.17) is 9.47 Å². The van der Waals surface area contributed by atoms with Crippen LogP contribution < -0.4 is 20.8 Å². The SMILES string of the molecule is CCOC(=O)/C=C/C(=O)N(C[C@@H]1CCNC1=O)NC(=O)[C@H](CC(C)C)NC(=O)c1cc2c(OC)cccc2[nH]1. The predicted molar refractivity (Wildman–Crippen MR) is 142 cm³/mol. The summed E-state index contributed by atoms with van der Waals surface area (Å²) < 4.78 is 10.2. The fraction of sp³-hybridized carbons (Fsp3) is 0.444. The van der Waals surface area contributed by atoms with Gasteiger partial charge in [0.25, 0.3) is 17.7 Å². The number of hydrazine groups is 1. The molecule has 2 heterocycles. The van der Waals surface area contributed by atoms with Crippen LogP contribution in [-0.2, 0) is 23.9 Å². The summed E-state index contributed by atoms with van der Waals surface area (Å²) in [5.74, 6) is -2.73. The summed E-state index contributed by atoms with van der Waals surface area (Å²) >= 11 is 0. The van der Waals surface area contributed by atoms with E-state index < -0.39 is 35.7 Å². The summed E-state index contributed by atoms with van der Waals surface area (Å²) in [6.07, 6.45) is 2.69. The third-order valence-corrected chi connectivity index (χ3v) is 6.14. The molecule has 0 bridgehead atoms. The molecule has 210 valence electrons. The first-order valence-corrected chi connectivity index (χ1v) is 12.8. The molecule has 1 aromatic heterocycles. The molecule has 12 nitrogen and oxygen atoms in total. The van der Waals surface area contributed by atoms with Crippen molar-refractivity contribution < 1.29 is 33.4 Å². The first-order chi connectivity index (χ1) is 18.6. The second-order valence-electron chi connectivity index (χ2n) is 9.55. The largest absolute Gasteiger partial charge is 0.496 e. The highest BCUT2D eigenvalue weighted by atomic mass is 16.5. The second-order valence-corrected chi connectivity index (χ2v) is 9.55. The van der Waals surface area contributed by atoms with E-state index in [1.165, 1.54) is 7.11 Å². The lowest BCUT2D eigenvalue weighted by Crippen LogP contribution is -2.55. The van der Waals surface area contributed by atoms with E-state index in [0.29, 0.717) is 24.2 Å². The van der Waals surface area contributed by atoms with Gasteiger partial charge in [0.15, 0.2) is 0 Å². The molecule has 0 radical (unpaired) electrons. The zero-order chi connectivity index (χ0) is 28.5. The maximum atomic E-state index is 13.4. The van der Waals surface area contributed by atoms with Crippen LogP contribution in [-0.4, -0.2) is 72.4 Å². The third kappa shape index (κ3) is 7.82. The Balaban J connectivity index is 1.79. The smallest absolute Gasteiger partial charge is 0.330 e. The molecule has 0 saturated carbocycles. The molecule has 3 rings (SSSR count). The molecule has 1 fully saturated rings. The van der Waals surface area contributed by atoms with Crippen molar-refractivity contribution in [2.24, 2.45) is 11.8 Å². The second kappa shape index (κ2) is 13.4. The maximum absolute atomic E-state index is 13.4. The number of hydrogen-bond acceptors (Lipinski definition) is 7. The molecule has 0 unspecified atom stereocenters. The van der Waals surface area contributed by atoms with Gasteiger partial charge in [0.2, 0.25) is 5.91 Å². The molecule has 1 aliphatic rings. The zero-order valence-electron chi connectivity index (χ0n) is 22.5. The molecule has 4 N–H and O–H groups in total. The number of carbonyl (C=O) groups excluding carboxylic acids is 5. The number of ether oxygens (including phenoxy) is 2. The molecule has 2 atom stereocenters. The van der Waals surface area contributed by atoms with Crippen molar-refractivity contribution in [1.29, 1.82) is 0 Å². The number of H-pyrrole nitrogens is 1. The van der Waals surface area contributed by atoms with E-state index in [-0.39, 0.29) is 37.1 Å². The van der Waals surface area contributed by atoms with Gasteiger partial charge in [0.05, 0.1) is 26.2 Å². The van der Waals surface area contributed by atoms with Crippen LogP contribution in [0.2, 0.25) is 0 Å². The van der Waals surface area contributed by atoms with Crippen molar-refractivity contribution in [1.82, 2.24) is 26.1 Å². The van der Waals surface area contributed by atoms with Gasteiger partial charge in [-0.1, -0.05) is 19.9 Å². The topological polar surface area (TPSA) is 159 Å². The van der Waals surface area contributed by atoms with Crippen LogP contribution in [0.25, 0.3) is 10.9 Å². The minimum Gasteiger partial charge on any atom is -0.496 e. The number of hydrogen-bond donors (Lipinski definition) is 4. The number of nitrogens with one attached hydrogen (secondary N) is 4. The van der Waals surface area contributed by atoms with Crippen LogP contribution in [0.15, 0.2) is 36.4 Å². The maximum Gasteiger partial charge on any atom is 0.330 e. The summed E-state index contributed by atoms with van der Waals surface area (Å²) in [6, 6.07) is 6.02. The van der Waals surface area contributed by atoms with E-state index in [1.54, 1.807) is 31.2 Å². The van der Waals surface area contributed by atoms with Gasteiger partial charge >= 0.3 is 5.97 Å². The molecule has 1 saturated heterocycles. The van der Waals surface area contributed by atoms with E-state index in [1.807, 2.05) is 13.8 Å². The van der Waals surface area contributed by atoms with Gasteiger partial charge in [-0.05, 0) is 43.9 Å². The molecule has 1 aliphatic heterocycles. The lowest BCUT2D eigenvalue weighted by atomic mass is 10.0. The minimum absolute atomic E-state index is 0.0253. The van der Waals surface area contributed by atoms with Gasteiger partial charge in [-0.15, -0.1) is 0 Å². The van der Waals surface area contributed by atoms with Gasteiger partial charge in [-0.2, -0.15) is 0 Å². The number of amides is 4. The summed E-state index contributed by atoms with van der Waals surface area (Å²) in [5.41, 5.74) is 3.48. The Bertz CT molecular complexity index is 1250. The summed E-state index contributed by atoms with van der Waals surface area (Å²) in [5, 5.41) is 7.14. The summed E-state index contributed by atoms with van der Waals surface area (Å²) in [7, 11) is 1.54. The van der Waals surface area contributed by atoms with Crippen LogP contribution >= 0.6 is 0 Å². The number of benzene rings is 1. The Morgan fingerprint density at radius 2 is 1.97 bits per heavy atom. The number of nitrogens with zero attached hydrogens (tertiary/aromatic N) is 1.